The first-order valence-corrected chi connectivity index (χ1v) is 7.87. The fourth-order valence-electron chi connectivity index (χ4n) is 2.49. The summed E-state index contributed by atoms with van der Waals surface area (Å²) in [6.45, 7) is 12.4. The third kappa shape index (κ3) is 5.76. The molecular weight excluding hydrogens is 262 g/mol. The predicted octanol–water partition coefficient (Wildman–Crippen LogP) is 3.25. The number of hydrogen-bond donors (Lipinski definition) is 2. The Hall–Kier alpha value is -1.55. The summed E-state index contributed by atoms with van der Waals surface area (Å²) in [4.78, 5) is 14.2. The minimum absolute atomic E-state index is 0.0485. The first kappa shape index (κ1) is 17.5. The van der Waals surface area contributed by atoms with Crippen LogP contribution in [-0.2, 0) is 4.79 Å². The number of nitrogens with one attached hydrogen (secondary N) is 2. The van der Waals surface area contributed by atoms with Gasteiger partial charge in [0.2, 0.25) is 5.91 Å². The normalized spacial score (nSPS) is 12.3. The van der Waals surface area contributed by atoms with Crippen molar-refractivity contribution in [1.29, 1.82) is 0 Å². The highest BCUT2D eigenvalue weighted by molar-refractivity contribution is 5.91. The summed E-state index contributed by atoms with van der Waals surface area (Å²) in [6, 6.07) is 8.73. The molecule has 1 unspecified atom stereocenters. The second-order valence-corrected chi connectivity index (χ2v) is 5.64. The van der Waals surface area contributed by atoms with Crippen LogP contribution in [0.3, 0.4) is 0 Å². The second kappa shape index (κ2) is 8.67. The van der Waals surface area contributed by atoms with E-state index in [0.717, 1.165) is 18.8 Å². The molecular formula is C17H29N3O. The van der Waals surface area contributed by atoms with Gasteiger partial charge in [-0.2, -0.15) is 0 Å². The van der Waals surface area contributed by atoms with Gasteiger partial charge in [-0.1, -0.05) is 6.92 Å². The number of amides is 1. The molecule has 0 heterocycles. The van der Waals surface area contributed by atoms with Gasteiger partial charge in [-0.05, 0) is 58.5 Å². The van der Waals surface area contributed by atoms with Crippen LogP contribution in [0.2, 0.25) is 0 Å². The maximum Gasteiger partial charge on any atom is 0.225 e. The minimum atomic E-state index is 0.0485. The van der Waals surface area contributed by atoms with Crippen LogP contribution in [0.4, 0.5) is 11.4 Å². The van der Waals surface area contributed by atoms with Gasteiger partial charge in [-0.3, -0.25) is 4.79 Å². The maximum atomic E-state index is 11.9. The van der Waals surface area contributed by atoms with Gasteiger partial charge in [-0.15, -0.1) is 0 Å². The van der Waals surface area contributed by atoms with Crippen molar-refractivity contribution in [3.8, 4) is 0 Å². The summed E-state index contributed by atoms with van der Waals surface area (Å²) in [5.74, 6) is 0.0485. The van der Waals surface area contributed by atoms with Crippen LogP contribution >= 0.6 is 0 Å². The van der Waals surface area contributed by atoms with Gasteiger partial charge in [0.1, 0.15) is 0 Å². The number of benzene rings is 1. The summed E-state index contributed by atoms with van der Waals surface area (Å²) in [5.41, 5.74) is 2.04. The van der Waals surface area contributed by atoms with Crippen molar-refractivity contribution in [2.75, 3.05) is 23.3 Å². The van der Waals surface area contributed by atoms with E-state index in [0.29, 0.717) is 12.5 Å². The molecule has 4 nitrogen and oxygen atoms in total. The number of rotatable bonds is 8. The van der Waals surface area contributed by atoms with Crippen LogP contribution in [0.5, 0.6) is 0 Å². The molecule has 1 aromatic rings. The van der Waals surface area contributed by atoms with E-state index in [4.69, 9.17) is 0 Å². The van der Waals surface area contributed by atoms with E-state index in [1.807, 2.05) is 26.0 Å². The van der Waals surface area contributed by atoms with Gasteiger partial charge < -0.3 is 15.5 Å². The fourth-order valence-corrected chi connectivity index (χ4v) is 2.49. The summed E-state index contributed by atoms with van der Waals surface area (Å²) in [5, 5.41) is 6.19. The van der Waals surface area contributed by atoms with Gasteiger partial charge in [-0.25, -0.2) is 0 Å². The third-order valence-corrected chi connectivity index (χ3v) is 3.49. The summed E-state index contributed by atoms with van der Waals surface area (Å²) >= 11 is 0. The van der Waals surface area contributed by atoms with Crippen molar-refractivity contribution >= 4 is 17.3 Å². The Morgan fingerprint density at radius 3 is 2.24 bits per heavy atom. The molecule has 0 aliphatic rings. The Kier molecular flexibility index (Phi) is 7.23. The number of carbonyl (C=O) groups excluding carboxylic acids is 1. The maximum absolute atomic E-state index is 11.9. The molecule has 4 heteroatoms. The average molecular weight is 291 g/mol. The second-order valence-electron chi connectivity index (χ2n) is 5.64. The lowest BCUT2D eigenvalue weighted by Gasteiger charge is -2.27. The van der Waals surface area contributed by atoms with E-state index in [2.05, 4.69) is 48.4 Å². The number of nitrogens with zero attached hydrogens (tertiary/aromatic N) is 1. The lowest BCUT2D eigenvalue weighted by atomic mass is 10.2. The SMILES string of the molecule is CCNC(C)CC(=O)Nc1ccc(N(CC)C(C)C)cc1. The number of hydrogen-bond acceptors (Lipinski definition) is 3. The molecule has 1 rings (SSSR count). The van der Waals surface area contributed by atoms with Gasteiger partial charge in [0.15, 0.2) is 0 Å². The zero-order chi connectivity index (χ0) is 15.8. The molecule has 0 fully saturated rings. The quantitative estimate of drug-likeness (QED) is 0.773. The Bertz CT molecular complexity index is 428. The number of carbonyl (C=O) groups is 1. The van der Waals surface area contributed by atoms with E-state index >= 15 is 0 Å². The molecule has 1 aromatic carbocycles. The van der Waals surface area contributed by atoms with Crippen molar-refractivity contribution in [2.45, 2.75) is 53.1 Å². The zero-order valence-corrected chi connectivity index (χ0v) is 13.9. The van der Waals surface area contributed by atoms with Crippen molar-refractivity contribution < 1.29 is 4.79 Å². The molecule has 2 N–H and O–H groups in total. The van der Waals surface area contributed by atoms with Crippen molar-refractivity contribution in [3.05, 3.63) is 24.3 Å². The van der Waals surface area contributed by atoms with Crippen molar-refractivity contribution in [2.24, 2.45) is 0 Å². The standard InChI is InChI=1S/C17H29N3O/c1-6-18-14(5)12-17(21)19-15-8-10-16(11-9-15)20(7-2)13(3)4/h8-11,13-14,18H,6-7,12H2,1-5H3,(H,19,21). The lowest BCUT2D eigenvalue weighted by molar-refractivity contribution is -0.116. The van der Waals surface area contributed by atoms with Crippen LogP contribution in [-0.4, -0.2) is 31.1 Å². The van der Waals surface area contributed by atoms with E-state index in [1.54, 1.807) is 0 Å². The largest absolute Gasteiger partial charge is 0.369 e. The fraction of sp³-hybridized carbons (Fsp3) is 0.588. The molecule has 0 spiro atoms. The number of anilines is 2. The third-order valence-electron chi connectivity index (χ3n) is 3.49. The molecule has 0 radical (unpaired) electrons. The topological polar surface area (TPSA) is 44.4 Å². The van der Waals surface area contributed by atoms with E-state index in [-0.39, 0.29) is 11.9 Å². The van der Waals surface area contributed by atoms with Crippen LogP contribution in [0, 0.1) is 0 Å². The predicted molar refractivity (Wildman–Crippen MR) is 91.0 cm³/mol. The van der Waals surface area contributed by atoms with Crippen LogP contribution in [0.25, 0.3) is 0 Å². The monoisotopic (exact) mass is 291 g/mol. The Morgan fingerprint density at radius 2 is 1.76 bits per heavy atom. The Labute approximate surface area is 128 Å². The van der Waals surface area contributed by atoms with Crippen LogP contribution < -0.4 is 15.5 Å². The molecule has 1 atom stereocenters. The summed E-state index contributed by atoms with van der Waals surface area (Å²) in [7, 11) is 0. The van der Waals surface area contributed by atoms with Crippen molar-refractivity contribution in [3.63, 3.8) is 0 Å². The first-order valence-electron chi connectivity index (χ1n) is 7.87. The molecule has 0 aliphatic heterocycles. The summed E-state index contributed by atoms with van der Waals surface area (Å²) < 4.78 is 0. The van der Waals surface area contributed by atoms with E-state index in [9.17, 15) is 4.79 Å². The van der Waals surface area contributed by atoms with Gasteiger partial charge in [0.05, 0.1) is 0 Å². The smallest absolute Gasteiger partial charge is 0.225 e. The van der Waals surface area contributed by atoms with Crippen LogP contribution in [0.15, 0.2) is 24.3 Å². The van der Waals surface area contributed by atoms with Gasteiger partial charge >= 0.3 is 0 Å². The lowest BCUT2D eigenvalue weighted by Crippen LogP contribution is -2.30. The Balaban J connectivity index is 2.60. The molecule has 0 saturated carbocycles. The molecule has 118 valence electrons. The van der Waals surface area contributed by atoms with Gasteiger partial charge in [0, 0.05) is 36.4 Å². The summed E-state index contributed by atoms with van der Waals surface area (Å²) in [6.07, 6.45) is 0.489. The highest BCUT2D eigenvalue weighted by atomic mass is 16.1. The van der Waals surface area contributed by atoms with Crippen LogP contribution in [0.1, 0.15) is 41.0 Å². The molecule has 0 saturated heterocycles. The first-order chi connectivity index (χ1) is 9.97. The molecule has 1 amide bonds. The highest BCUT2D eigenvalue weighted by Gasteiger charge is 2.10. The minimum Gasteiger partial charge on any atom is -0.369 e. The highest BCUT2D eigenvalue weighted by Crippen LogP contribution is 2.20. The molecule has 0 aromatic heterocycles. The van der Waals surface area contributed by atoms with Crippen molar-refractivity contribution in [1.82, 2.24) is 5.32 Å². The van der Waals surface area contributed by atoms with E-state index < -0.39 is 0 Å². The molecule has 0 bridgehead atoms. The zero-order valence-electron chi connectivity index (χ0n) is 13.9. The Morgan fingerprint density at radius 1 is 1.14 bits per heavy atom. The van der Waals surface area contributed by atoms with Gasteiger partial charge in [0.25, 0.3) is 0 Å². The van der Waals surface area contributed by atoms with E-state index in [1.165, 1.54) is 5.69 Å². The average Bonchev–Trinajstić information content (AvgIpc) is 2.41. The molecule has 21 heavy (non-hydrogen) atoms. The molecule has 0 aliphatic carbocycles.